The van der Waals surface area contributed by atoms with Crippen LogP contribution in [-0.4, -0.2) is 53.3 Å². The van der Waals surface area contributed by atoms with Gasteiger partial charge in [-0.1, -0.05) is 6.92 Å². The summed E-state index contributed by atoms with van der Waals surface area (Å²) in [6, 6.07) is 2.77. The van der Waals surface area contributed by atoms with E-state index in [2.05, 4.69) is 17.2 Å². The molecule has 0 spiro atoms. The van der Waals surface area contributed by atoms with Crippen LogP contribution in [0.5, 0.6) is 0 Å². The number of pyridine rings is 1. The van der Waals surface area contributed by atoms with E-state index >= 15 is 0 Å². The monoisotopic (exact) mass is 293 g/mol. The summed E-state index contributed by atoms with van der Waals surface area (Å²) in [6.07, 6.45) is 2.23. The number of carboxylic acids is 1. The molecule has 0 aromatic carbocycles. The third-order valence-electron chi connectivity index (χ3n) is 3.73. The molecule has 2 atom stereocenters. The van der Waals surface area contributed by atoms with Crippen LogP contribution in [0.2, 0.25) is 0 Å². The zero-order chi connectivity index (χ0) is 15.4. The molecule has 21 heavy (non-hydrogen) atoms. The van der Waals surface area contributed by atoms with Gasteiger partial charge in [0.1, 0.15) is 0 Å². The predicted octanol–water partition coefficient (Wildman–Crippen LogP) is 1.67. The number of piperidine rings is 1. The maximum absolute atomic E-state index is 12.2. The number of likely N-dealkylation sites (tertiary alicyclic amines) is 1. The summed E-state index contributed by atoms with van der Waals surface area (Å²) >= 11 is 0. The lowest BCUT2D eigenvalue weighted by Gasteiger charge is -2.36. The highest BCUT2D eigenvalue weighted by molar-refractivity contribution is 5.98. The SMILES string of the molecule is COC1CN(C(=O)Nc2cccnc2C(=O)O)CCC1C. The first-order valence-electron chi connectivity index (χ1n) is 6.80. The van der Waals surface area contributed by atoms with Crippen molar-refractivity contribution in [1.82, 2.24) is 9.88 Å². The Kier molecular flexibility index (Phi) is 4.74. The summed E-state index contributed by atoms with van der Waals surface area (Å²) in [5.74, 6) is -0.778. The highest BCUT2D eigenvalue weighted by atomic mass is 16.5. The topological polar surface area (TPSA) is 91.8 Å². The van der Waals surface area contributed by atoms with Gasteiger partial charge >= 0.3 is 12.0 Å². The fourth-order valence-corrected chi connectivity index (χ4v) is 2.40. The van der Waals surface area contributed by atoms with Crippen molar-refractivity contribution >= 4 is 17.7 Å². The van der Waals surface area contributed by atoms with Crippen LogP contribution in [0.3, 0.4) is 0 Å². The molecule has 114 valence electrons. The normalized spacial score (nSPS) is 21.9. The lowest BCUT2D eigenvalue weighted by Crippen LogP contribution is -2.48. The van der Waals surface area contributed by atoms with Crippen LogP contribution in [0.1, 0.15) is 23.8 Å². The maximum Gasteiger partial charge on any atom is 0.356 e. The largest absolute Gasteiger partial charge is 0.476 e. The van der Waals surface area contributed by atoms with Crippen LogP contribution in [-0.2, 0) is 4.74 Å². The number of methoxy groups -OCH3 is 1. The molecule has 0 radical (unpaired) electrons. The fourth-order valence-electron chi connectivity index (χ4n) is 2.40. The minimum atomic E-state index is -1.17. The van der Waals surface area contributed by atoms with Gasteiger partial charge in [-0.15, -0.1) is 0 Å². The average Bonchev–Trinajstić information content (AvgIpc) is 2.48. The van der Waals surface area contributed by atoms with E-state index < -0.39 is 5.97 Å². The molecule has 1 aromatic rings. The molecule has 0 bridgehead atoms. The number of rotatable bonds is 3. The number of carbonyl (C=O) groups is 2. The second-order valence-electron chi connectivity index (χ2n) is 5.12. The second-order valence-corrected chi connectivity index (χ2v) is 5.12. The maximum atomic E-state index is 12.2. The molecule has 2 rings (SSSR count). The van der Waals surface area contributed by atoms with Gasteiger partial charge in [0.2, 0.25) is 0 Å². The number of aromatic nitrogens is 1. The van der Waals surface area contributed by atoms with Gasteiger partial charge < -0.3 is 20.1 Å². The van der Waals surface area contributed by atoms with Crippen LogP contribution in [0.4, 0.5) is 10.5 Å². The van der Waals surface area contributed by atoms with Crippen LogP contribution >= 0.6 is 0 Å². The predicted molar refractivity (Wildman–Crippen MR) is 76.4 cm³/mol. The minimum absolute atomic E-state index is 0.00246. The molecule has 1 saturated heterocycles. The summed E-state index contributed by atoms with van der Waals surface area (Å²) in [5, 5.41) is 11.7. The molecule has 2 unspecified atom stereocenters. The second kappa shape index (κ2) is 6.53. The highest BCUT2D eigenvalue weighted by Gasteiger charge is 2.29. The Hall–Kier alpha value is -2.15. The van der Waals surface area contributed by atoms with Crippen LogP contribution < -0.4 is 5.32 Å². The van der Waals surface area contributed by atoms with E-state index in [0.717, 1.165) is 6.42 Å². The zero-order valence-corrected chi connectivity index (χ0v) is 12.1. The van der Waals surface area contributed by atoms with Gasteiger partial charge in [0.05, 0.1) is 11.8 Å². The van der Waals surface area contributed by atoms with Crippen molar-refractivity contribution in [3.63, 3.8) is 0 Å². The number of amides is 2. The molecule has 1 aliphatic rings. The lowest BCUT2D eigenvalue weighted by atomic mass is 9.96. The number of nitrogens with one attached hydrogen (secondary N) is 1. The Morgan fingerprint density at radius 2 is 2.29 bits per heavy atom. The van der Waals surface area contributed by atoms with E-state index in [1.165, 1.54) is 12.3 Å². The number of carboxylic acid groups (broad SMARTS) is 1. The molecule has 2 amide bonds. The molecule has 2 N–H and O–H groups in total. The van der Waals surface area contributed by atoms with Crippen molar-refractivity contribution in [2.45, 2.75) is 19.4 Å². The Bertz CT molecular complexity index is 535. The Morgan fingerprint density at radius 1 is 1.52 bits per heavy atom. The number of aromatic carboxylic acids is 1. The van der Waals surface area contributed by atoms with Crippen molar-refractivity contribution in [2.75, 3.05) is 25.5 Å². The Balaban J connectivity index is 2.07. The van der Waals surface area contributed by atoms with E-state index in [4.69, 9.17) is 9.84 Å². The molecule has 0 aliphatic carbocycles. The van der Waals surface area contributed by atoms with Gasteiger partial charge in [0.25, 0.3) is 0 Å². The van der Waals surface area contributed by atoms with Crippen molar-refractivity contribution < 1.29 is 19.4 Å². The molecular weight excluding hydrogens is 274 g/mol. The van der Waals surface area contributed by atoms with Crippen molar-refractivity contribution in [1.29, 1.82) is 0 Å². The van der Waals surface area contributed by atoms with Crippen LogP contribution in [0, 0.1) is 5.92 Å². The van der Waals surface area contributed by atoms with E-state index in [0.29, 0.717) is 19.0 Å². The van der Waals surface area contributed by atoms with Crippen LogP contribution in [0.25, 0.3) is 0 Å². The smallest absolute Gasteiger partial charge is 0.356 e. The van der Waals surface area contributed by atoms with Crippen molar-refractivity contribution in [2.24, 2.45) is 5.92 Å². The van der Waals surface area contributed by atoms with Gasteiger partial charge in [-0.25, -0.2) is 14.6 Å². The van der Waals surface area contributed by atoms with Crippen LogP contribution in [0.15, 0.2) is 18.3 Å². The number of nitrogens with zero attached hydrogens (tertiary/aromatic N) is 2. The summed E-state index contributed by atoms with van der Waals surface area (Å²) in [7, 11) is 1.63. The molecule has 7 heteroatoms. The standard InChI is InChI=1S/C14H19N3O4/c1-9-5-7-17(8-11(9)21-2)14(20)16-10-4-3-6-15-12(10)13(18)19/h3-4,6,9,11H,5,7-8H2,1-2H3,(H,16,20)(H,18,19). The fraction of sp³-hybridized carbons (Fsp3) is 0.500. The first-order chi connectivity index (χ1) is 10.0. The van der Waals surface area contributed by atoms with Gasteiger partial charge in [-0.2, -0.15) is 0 Å². The van der Waals surface area contributed by atoms with Gasteiger partial charge in [-0.05, 0) is 24.5 Å². The van der Waals surface area contributed by atoms with Gasteiger partial charge in [0.15, 0.2) is 5.69 Å². The van der Waals surface area contributed by atoms with Crippen molar-refractivity contribution in [3.8, 4) is 0 Å². The van der Waals surface area contributed by atoms with Gasteiger partial charge in [-0.3, -0.25) is 0 Å². The average molecular weight is 293 g/mol. The summed E-state index contributed by atoms with van der Waals surface area (Å²) < 4.78 is 5.37. The minimum Gasteiger partial charge on any atom is -0.476 e. The number of carbonyl (C=O) groups excluding carboxylic acids is 1. The summed E-state index contributed by atoms with van der Waals surface area (Å²) in [6.45, 7) is 3.20. The van der Waals surface area contributed by atoms with E-state index in [9.17, 15) is 9.59 Å². The quantitative estimate of drug-likeness (QED) is 0.884. The number of hydrogen-bond donors (Lipinski definition) is 2. The molecular formula is C14H19N3O4. The molecule has 1 aromatic heterocycles. The van der Waals surface area contributed by atoms with Gasteiger partial charge in [0, 0.05) is 26.4 Å². The Labute approximate surface area is 122 Å². The molecule has 7 nitrogen and oxygen atoms in total. The summed E-state index contributed by atoms with van der Waals surface area (Å²) in [5.41, 5.74) is 0.0297. The van der Waals surface area contributed by atoms with E-state index in [1.54, 1.807) is 18.1 Å². The third kappa shape index (κ3) is 3.49. The zero-order valence-electron chi connectivity index (χ0n) is 12.1. The molecule has 1 fully saturated rings. The third-order valence-corrected chi connectivity index (χ3v) is 3.73. The lowest BCUT2D eigenvalue weighted by molar-refractivity contribution is 0.00895. The number of urea groups is 1. The van der Waals surface area contributed by atoms with E-state index in [-0.39, 0.29) is 23.5 Å². The number of anilines is 1. The Morgan fingerprint density at radius 3 is 2.95 bits per heavy atom. The molecule has 2 heterocycles. The molecule has 1 aliphatic heterocycles. The van der Waals surface area contributed by atoms with Crippen molar-refractivity contribution in [3.05, 3.63) is 24.0 Å². The highest BCUT2D eigenvalue weighted by Crippen LogP contribution is 2.21. The first kappa shape index (κ1) is 15.2. The van der Waals surface area contributed by atoms with E-state index in [1.807, 2.05) is 0 Å². The molecule has 0 saturated carbocycles. The number of hydrogen-bond acceptors (Lipinski definition) is 4. The summed E-state index contributed by atoms with van der Waals surface area (Å²) in [4.78, 5) is 28.7. The first-order valence-corrected chi connectivity index (χ1v) is 6.80. The number of ether oxygens (including phenoxy) is 1.